The van der Waals surface area contributed by atoms with E-state index in [9.17, 15) is 0 Å². The minimum absolute atomic E-state index is 0.551. The molecule has 0 spiro atoms. The van der Waals surface area contributed by atoms with Crippen molar-refractivity contribution in [1.29, 1.82) is 0 Å². The molecule has 1 N–H and O–H groups in total. The topological polar surface area (TPSA) is 33.1 Å². The zero-order chi connectivity index (χ0) is 10.1. The van der Waals surface area contributed by atoms with Gasteiger partial charge >= 0.3 is 0 Å². The molecule has 0 aliphatic carbocycles. The highest BCUT2D eigenvalue weighted by Gasteiger charge is 2.23. The summed E-state index contributed by atoms with van der Waals surface area (Å²) in [7, 11) is 1.96. The van der Waals surface area contributed by atoms with E-state index < -0.39 is 0 Å². The first-order valence-corrected chi connectivity index (χ1v) is 5.15. The number of hydrogen-bond acceptors (Lipinski definition) is 3. The largest absolute Gasteiger partial charge is 0.363 e. The van der Waals surface area contributed by atoms with Crippen LogP contribution in [0.3, 0.4) is 0 Å². The molecule has 4 heteroatoms. The lowest BCUT2D eigenvalue weighted by molar-refractivity contribution is 0.425. The summed E-state index contributed by atoms with van der Waals surface area (Å²) in [6, 6.07) is 1.11. The Morgan fingerprint density at radius 2 is 2.29 bits per heavy atom. The van der Waals surface area contributed by atoms with Crippen LogP contribution in [0.1, 0.15) is 13.8 Å². The lowest BCUT2D eigenvalue weighted by Gasteiger charge is -2.38. The number of piperazine rings is 1. The second kappa shape index (κ2) is 3.61. The van der Waals surface area contributed by atoms with Gasteiger partial charge in [-0.15, -0.1) is 0 Å². The van der Waals surface area contributed by atoms with E-state index in [1.165, 1.54) is 5.69 Å². The Kier molecular flexibility index (Phi) is 2.46. The molecule has 1 fully saturated rings. The first kappa shape index (κ1) is 9.52. The van der Waals surface area contributed by atoms with Gasteiger partial charge in [0.05, 0.1) is 11.9 Å². The second-order valence-electron chi connectivity index (χ2n) is 4.18. The first-order chi connectivity index (χ1) is 6.66. The predicted octanol–water partition coefficient (Wildman–Crippen LogP) is 0.607. The van der Waals surface area contributed by atoms with E-state index in [1.807, 2.05) is 17.9 Å². The van der Waals surface area contributed by atoms with Gasteiger partial charge in [0.15, 0.2) is 0 Å². The van der Waals surface area contributed by atoms with Crippen molar-refractivity contribution in [3.63, 3.8) is 0 Å². The second-order valence-corrected chi connectivity index (χ2v) is 4.18. The highest BCUT2D eigenvalue weighted by Crippen LogP contribution is 2.18. The van der Waals surface area contributed by atoms with Gasteiger partial charge < -0.3 is 10.2 Å². The average Bonchev–Trinajstić information content (AvgIpc) is 2.56. The molecule has 2 atom stereocenters. The fourth-order valence-corrected chi connectivity index (χ4v) is 1.94. The fourth-order valence-electron chi connectivity index (χ4n) is 1.94. The Bertz CT molecular complexity index is 307. The van der Waals surface area contributed by atoms with E-state index in [2.05, 4.69) is 35.4 Å². The van der Waals surface area contributed by atoms with Crippen LogP contribution in [0.15, 0.2) is 12.4 Å². The average molecular weight is 194 g/mol. The summed E-state index contributed by atoms with van der Waals surface area (Å²) in [5.41, 5.74) is 1.23. The zero-order valence-electron chi connectivity index (χ0n) is 9.07. The summed E-state index contributed by atoms with van der Waals surface area (Å²) in [5.74, 6) is 0. The quantitative estimate of drug-likeness (QED) is 0.711. The van der Waals surface area contributed by atoms with E-state index >= 15 is 0 Å². The maximum atomic E-state index is 4.21. The maximum Gasteiger partial charge on any atom is 0.0755 e. The molecule has 0 bridgehead atoms. The lowest BCUT2D eigenvalue weighted by atomic mass is 10.1. The predicted molar refractivity (Wildman–Crippen MR) is 57.5 cm³/mol. The molecular weight excluding hydrogens is 176 g/mol. The fraction of sp³-hybridized carbons (Fsp3) is 0.700. The number of nitrogens with zero attached hydrogens (tertiary/aromatic N) is 3. The molecular formula is C10H18N4. The Morgan fingerprint density at radius 1 is 1.50 bits per heavy atom. The summed E-state index contributed by atoms with van der Waals surface area (Å²) in [4.78, 5) is 2.41. The third kappa shape index (κ3) is 1.75. The summed E-state index contributed by atoms with van der Waals surface area (Å²) >= 11 is 0. The van der Waals surface area contributed by atoms with Crippen LogP contribution >= 0.6 is 0 Å². The van der Waals surface area contributed by atoms with Gasteiger partial charge in [0, 0.05) is 38.4 Å². The third-order valence-electron chi connectivity index (χ3n) is 2.79. The number of aryl methyl sites for hydroxylation is 1. The molecule has 1 saturated heterocycles. The van der Waals surface area contributed by atoms with Crippen molar-refractivity contribution in [1.82, 2.24) is 15.1 Å². The van der Waals surface area contributed by atoms with Gasteiger partial charge in [-0.1, -0.05) is 0 Å². The van der Waals surface area contributed by atoms with Gasteiger partial charge in [-0.25, -0.2) is 0 Å². The minimum Gasteiger partial charge on any atom is -0.363 e. The number of nitrogens with one attached hydrogen (secondary N) is 1. The molecule has 0 saturated carbocycles. The van der Waals surface area contributed by atoms with E-state index in [4.69, 9.17) is 0 Å². The smallest absolute Gasteiger partial charge is 0.0755 e. The molecule has 14 heavy (non-hydrogen) atoms. The Hall–Kier alpha value is -1.03. The Morgan fingerprint density at radius 3 is 2.93 bits per heavy atom. The monoisotopic (exact) mass is 194 g/mol. The number of hydrogen-bond donors (Lipinski definition) is 1. The van der Waals surface area contributed by atoms with Crippen LogP contribution in [0.25, 0.3) is 0 Å². The first-order valence-electron chi connectivity index (χ1n) is 5.15. The van der Waals surface area contributed by atoms with Crippen LogP contribution in [0.4, 0.5) is 5.69 Å². The molecule has 0 radical (unpaired) electrons. The van der Waals surface area contributed by atoms with Crippen LogP contribution < -0.4 is 10.2 Å². The van der Waals surface area contributed by atoms with E-state index in [-0.39, 0.29) is 0 Å². The number of anilines is 1. The van der Waals surface area contributed by atoms with Crippen molar-refractivity contribution in [3.8, 4) is 0 Å². The minimum atomic E-state index is 0.551. The molecule has 0 amide bonds. The summed E-state index contributed by atoms with van der Waals surface area (Å²) in [6.07, 6.45) is 4.02. The molecule has 2 unspecified atom stereocenters. The standard InChI is InChI=1S/C10H18N4/c1-8-6-14(9(2)4-11-8)10-5-12-13(3)7-10/h5,7-9,11H,4,6H2,1-3H3. The molecule has 0 aromatic carbocycles. The van der Waals surface area contributed by atoms with Gasteiger partial charge in [0.25, 0.3) is 0 Å². The highest BCUT2D eigenvalue weighted by molar-refractivity contribution is 5.44. The Labute approximate surface area is 84.9 Å². The van der Waals surface area contributed by atoms with Gasteiger partial charge in [0.1, 0.15) is 0 Å². The van der Waals surface area contributed by atoms with Crippen molar-refractivity contribution >= 4 is 5.69 Å². The van der Waals surface area contributed by atoms with Crippen molar-refractivity contribution in [2.75, 3.05) is 18.0 Å². The van der Waals surface area contributed by atoms with Crippen LogP contribution in [0.2, 0.25) is 0 Å². The normalized spacial score (nSPS) is 28.1. The number of rotatable bonds is 1. The SMILES string of the molecule is CC1CN(c2cnn(C)c2)C(C)CN1. The van der Waals surface area contributed by atoms with Crippen LogP contribution in [-0.4, -0.2) is 35.0 Å². The molecule has 2 heterocycles. The lowest BCUT2D eigenvalue weighted by Crippen LogP contribution is -2.54. The van der Waals surface area contributed by atoms with E-state index in [1.54, 1.807) is 0 Å². The molecule has 1 aromatic rings. The molecule has 2 rings (SSSR count). The highest BCUT2D eigenvalue weighted by atomic mass is 15.3. The van der Waals surface area contributed by atoms with Crippen LogP contribution in [-0.2, 0) is 7.05 Å². The molecule has 4 nitrogen and oxygen atoms in total. The maximum absolute atomic E-state index is 4.21. The van der Waals surface area contributed by atoms with Crippen LogP contribution in [0, 0.1) is 0 Å². The van der Waals surface area contributed by atoms with E-state index in [0.717, 1.165) is 13.1 Å². The zero-order valence-corrected chi connectivity index (χ0v) is 9.07. The van der Waals surface area contributed by atoms with E-state index in [0.29, 0.717) is 12.1 Å². The van der Waals surface area contributed by atoms with Gasteiger partial charge in [-0.2, -0.15) is 5.10 Å². The number of aromatic nitrogens is 2. The van der Waals surface area contributed by atoms with Crippen LogP contribution in [0.5, 0.6) is 0 Å². The molecule has 1 aromatic heterocycles. The molecule has 1 aliphatic rings. The van der Waals surface area contributed by atoms with Crippen molar-refractivity contribution in [3.05, 3.63) is 12.4 Å². The Balaban J connectivity index is 2.15. The van der Waals surface area contributed by atoms with Crippen molar-refractivity contribution in [2.24, 2.45) is 7.05 Å². The van der Waals surface area contributed by atoms with Crippen molar-refractivity contribution < 1.29 is 0 Å². The van der Waals surface area contributed by atoms with Gasteiger partial charge in [-0.05, 0) is 13.8 Å². The summed E-state index contributed by atoms with van der Waals surface area (Å²) in [6.45, 7) is 6.57. The van der Waals surface area contributed by atoms with Gasteiger partial charge in [-0.3, -0.25) is 4.68 Å². The third-order valence-corrected chi connectivity index (χ3v) is 2.79. The van der Waals surface area contributed by atoms with Crippen molar-refractivity contribution in [2.45, 2.75) is 25.9 Å². The molecule has 78 valence electrons. The van der Waals surface area contributed by atoms with Gasteiger partial charge in [0.2, 0.25) is 0 Å². The summed E-state index contributed by atoms with van der Waals surface area (Å²) < 4.78 is 1.86. The summed E-state index contributed by atoms with van der Waals surface area (Å²) in [5, 5.41) is 7.68. The molecule has 1 aliphatic heterocycles.